The summed E-state index contributed by atoms with van der Waals surface area (Å²) in [5.41, 5.74) is 0.662. The number of hydrogen-bond donors (Lipinski definition) is 1. The van der Waals surface area contributed by atoms with Crippen LogP contribution in [0, 0.1) is 23.0 Å². The van der Waals surface area contributed by atoms with Gasteiger partial charge in [-0.05, 0) is 44.2 Å². The second-order valence-electron chi connectivity index (χ2n) is 6.24. The number of rotatable bonds is 6. The van der Waals surface area contributed by atoms with Gasteiger partial charge in [0, 0.05) is 12.6 Å². The van der Waals surface area contributed by atoms with Crippen molar-refractivity contribution in [3.8, 4) is 5.75 Å². The first kappa shape index (κ1) is 17.2. The van der Waals surface area contributed by atoms with Gasteiger partial charge in [-0.1, -0.05) is 25.3 Å². The molecule has 2 rings (SSSR count). The van der Waals surface area contributed by atoms with Crippen LogP contribution in [0.2, 0.25) is 0 Å². The quantitative estimate of drug-likeness (QED) is 0.643. The monoisotopic (exact) mass is 320 g/mol. The normalized spacial score (nSPS) is 16.6. The molecule has 1 aromatic carbocycles. The van der Waals surface area contributed by atoms with Crippen molar-refractivity contribution in [2.75, 3.05) is 6.54 Å². The molecule has 1 aliphatic rings. The van der Waals surface area contributed by atoms with Crippen molar-refractivity contribution in [1.29, 1.82) is 0 Å². The number of nitro benzene ring substituents is 1. The zero-order valence-corrected chi connectivity index (χ0v) is 13.7. The number of nitrogens with zero attached hydrogens (tertiary/aromatic N) is 1. The number of hydrogen-bond acceptors (Lipinski definition) is 4. The molecular formula is C17H24N2O4. The van der Waals surface area contributed by atoms with Gasteiger partial charge in [0.15, 0.2) is 11.9 Å². The molecule has 126 valence electrons. The standard InChI is InChI=1S/C17H24N2O4/c1-12-8-9-16(15(10-12)19(21)22)23-13(2)17(20)18-11-14-6-4-3-5-7-14/h8-10,13-14H,3-7,11H2,1-2H3,(H,18,20). The average molecular weight is 320 g/mol. The molecule has 1 N–H and O–H groups in total. The molecule has 0 heterocycles. The lowest BCUT2D eigenvalue weighted by Gasteiger charge is -2.22. The van der Waals surface area contributed by atoms with Crippen molar-refractivity contribution in [3.63, 3.8) is 0 Å². The van der Waals surface area contributed by atoms with Gasteiger partial charge in [0.25, 0.3) is 5.91 Å². The summed E-state index contributed by atoms with van der Waals surface area (Å²) in [6, 6.07) is 4.72. The molecule has 1 fully saturated rings. The van der Waals surface area contributed by atoms with Crippen molar-refractivity contribution < 1.29 is 14.5 Å². The second-order valence-corrected chi connectivity index (χ2v) is 6.24. The maximum atomic E-state index is 12.1. The van der Waals surface area contributed by atoms with Crippen molar-refractivity contribution in [2.45, 2.75) is 52.1 Å². The lowest BCUT2D eigenvalue weighted by atomic mass is 9.89. The maximum absolute atomic E-state index is 12.1. The zero-order valence-electron chi connectivity index (χ0n) is 13.7. The molecule has 0 bridgehead atoms. The van der Waals surface area contributed by atoms with E-state index in [9.17, 15) is 14.9 Å². The van der Waals surface area contributed by atoms with Gasteiger partial charge in [-0.3, -0.25) is 14.9 Å². The van der Waals surface area contributed by atoms with E-state index in [1.807, 2.05) is 0 Å². The number of carbonyl (C=O) groups is 1. The van der Waals surface area contributed by atoms with Crippen molar-refractivity contribution in [3.05, 3.63) is 33.9 Å². The molecule has 1 unspecified atom stereocenters. The van der Waals surface area contributed by atoms with Gasteiger partial charge in [-0.2, -0.15) is 0 Å². The highest BCUT2D eigenvalue weighted by atomic mass is 16.6. The Hall–Kier alpha value is -2.11. The summed E-state index contributed by atoms with van der Waals surface area (Å²) >= 11 is 0. The molecule has 6 heteroatoms. The Bertz CT molecular complexity index is 568. The van der Waals surface area contributed by atoms with E-state index in [1.54, 1.807) is 26.0 Å². The Labute approximate surface area is 136 Å². The lowest BCUT2D eigenvalue weighted by molar-refractivity contribution is -0.386. The van der Waals surface area contributed by atoms with Crippen LogP contribution in [0.5, 0.6) is 5.75 Å². The summed E-state index contributed by atoms with van der Waals surface area (Å²) in [6.07, 6.45) is 5.27. The van der Waals surface area contributed by atoms with Crippen LogP contribution in [-0.2, 0) is 4.79 Å². The van der Waals surface area contributed by atoms with Crippen LogP contribution in [0.1, 0.15) is 44.6 Å². The van der Waals surface area contributed by atoms with Crippen LogP contribution < -0.4 is 10.1 Å². The number of carbonyl (C=O) groups excluding carboxylic acids is 1. The summed E-state index contributed by atoms with van der Waals surface area (Å²) in [5, 5.41) is 14.0. The first-order valence-electron chi connectivity index (χ1n) is 8.17. The minimum absolute atomic E-state index is 0.114. The Morgan fingerprint density at radius 3 is 2.74 bits per heavy atom. The molecule has 0 radical (unpaired) electrons. The molecule has 0 aromatic heterocycles. The highest BCUT2D eigenvalue weighted by Gasteiger charge is 2.22. The van der Waals surface area contributed by atoms with Gasteiger partial charge in [-0.15, -0.1) is 0 Å². The second kappa shape index (κ2) is 7.94. The van der Waals surface area contributed by atoms with Gasteiger partial charge < -0.3 is 10.1 Å². The summed E-state index contributed by atoms with van der Waals surface area (Å²) < 4.78 is 5.51. The lowest BCUT2D eigenvalue weighted by Crippen LogP contribution is -2.39. The van der Waals surface area contributed by atoms with Gasteiger partial charge >= 0.3 is 5.69 Å². The third-order valence-corrected chi connectivity index (χ3v) is 4.27. The molecule has 1 aliphatic carbocycles. The minimum atomic E-state index is -0.764. The van der Waals surface area contributed by atoms with E-state index in [2.05, 4.69) is 5.32 Å². The fourth-order valence-electron chi connectivity index (χ4n) is 2.89. The molecule has 1 amide bonds. The average Bonchev–Trinajstić information content (AvgIpc) is 2.55. The highest BCUT2D eigenvalue weighted by Crippen LogP contribution is 2.28. The number of nitro groups is 1. The zero-order chi connectivity index (χ0) is 16.8. The van der Waals surface area contributed by atoms with E-state index in [0.717, 1.165) is 18.4 Å². The topological polar surface area (TPSA) is 81.5 Å². The van der Waals surface area contributed by atoms with Crippen LogP contribution >= 0.6 is 0 Å². The van der Waals surface area contributed by atoms with Crippen LogP contribution in [0.3, 0.4) is 0 Å². The van der Waals surface area contributed by atoms with Gasteiger partial charge in [0.05, 0.1) is 4.92 Å². The molecule has 0 saturated heterocycles. The molecule has 23 heavy (non-hydrogen) atoms. The summed E-state index contributed by atoms with van der Waals surface area (Å²) in [5.74, 6) is 0.431. The van der Waals surface area contributed by atoms with E-state index < -0.39 is 11.0 Å². The highest BCUT2D eigenvalue weighted by molar-refractivity contribution is 5.80. The SMILES string of the molecule is Cc1ccc(OC(C)C(=O)NCC2CCCCC2)c([N+](=O)[O-])c1. The van der Waals surface area contributed by atoms with E-state index in [1.165, 1.54) is 25.3 Å². The molecule has 1 atom stereocenters. The van der Waals surface area contributed by atoms with E-state index >= 15 is 0 Å². The Balaban J connectivity index is 1.91. The fourth-order valence-corrected chi connectivity index (χ4v) is 2.89. The molecule has 0 aliphatic heterocycles. The predicted molar refractivity (Wildman–Crippen MR) is 87.5 cm³/mol. The van der Waals surface area contributed by atoms with Crippen molar-refractivity contribution in [2.24, 2.45) is 5.92 Å². The number of ether oxygens (including phenoxy) is 1. The van der Waals surface area contributed by atoms with Gasteiger partial charge in [0.1, 0.15) is 0 Å². The van der Waals surface area contributed by atoms with Crippen LogP contribution in [0.4, 0.5) is 5.69 Å². The summed E-state index contributed by atoms with van der Waals surface area (Å²) in [7, 11) is 0. The largest absolute Gasteiger partial charge is 0.474 e. The first-order valence-corrected chi connectivity index (χ1v) is 8.17. The molecule has 1 aromatic rings. The Morgan fingerprint density at radius 2 is 2.09 bits per heavy atom. The number of amides is 1. The minimum Gasteiger partial charge on any atom is -0.474 e. The predicted octanol–water partition coefficient (Wildman–Crippen LogP) is 3.37. The molecular weight excluding hydrogens is 296 g/mol. The Kier molecular flexibility index (Phi) is 5.96. The number of benzene rings is 1. The van der Waals surface area contributed by atoms with Crippen LogP contribution in [-0.4, -0.2) is 23.5 Å². The number of nitrogens with one attached hydrogen (secondary N) is 1. The maximum Gasteiger partial charge on any atom is 0.311 e. The first-order chi connectivity index (χ1) is 11.0. The Morgan fingerprint density at radius 1 is 1.39 bits per heavy atom. The van der Waals surface area contributed by atoms with Gasteiger partial charge in [-0.25, -0.2) is 0 Å². The van der Waals surface area contributed by atoms with Crippen molar-refractivity contribution in [1.82, 2.24) is 5.32 Å². The third-order valence-electron chi connectivity index (χ3n) is 4.27. The summed E-state index contributed by atoms with van der Waals surface area (Å²) in [4.78, 5) is 22.7. The molecule has 6 nitrogen and oxygen atoms in total. The third kappa shape index (κ3) is 4.94. The van der Waals surface area contributed by atoms with E-state index in [4.69, 9.17) is 4.74 Å². The number of aryl methyl sites for hydroxylation is 1. The van der Waals surface area contributed by atoms with Crippen LogP contribution in [0.15, 0.2) is 18.2 Å². The fraction of sp³-hybridized carbons (Fsp3) is 0.588. The van der Waals surface area contributed by atoms with Crippen molar-refractivity contribution >= 4 is 11.6 Å². The smallest absolute Gasteiger partial charge is 0.311 e. The molecule has 1 saturated carbocycles. The summed E-state index contributed by atoms with van der Waals surface area (Å²) in [6.45, 7) is 4.04. The van der Waals surface area contributed by atoms with Gasteiger partial charge in [0.2, 0.25) is 0 Å². The van der Waals surface area contributed by atoms with Crippen LogP contribution in [0.25, 0.3) is 0 Å². The van der Waals surface area contributed by atoms with E-state index in [-0.39, 0.29) is 17.3 Å². The van der Waals surface area contributed by atoms with E-state index in [0.29, 0.717) is 12.5 Å². The molecule has 0 spiro atoms.